The van der Waals surface area contributed by atoms with Crippen LogP contribution in [0.3, 0.4) is 0 Å². The Hall–Kier alpha value is -0.830. The van der Waals surface area contributed by atoms with E-state index in [0.717, 1.165) is 34.1 Å². The lowest BCUT2D eigenvalue weighted by molar-refractivity contribution is 0.112. The molecule has 0 aliphatic carbocycles. The van der Waals surface area contributed by atoms with Crippen molar-refractivity contribution < 1.29 is 4.79 Å². The molecule has 1 aromatic carbocycles. The van der Waals surface area contributed by atoms with E-state index in [1.54, 1.807) is 0 Å². The van der Waals surface area contributed by atoms with Crippen molar-refractivity contribution in [3.63, 3.8) is 0 Å². The van der Waals surface area contributed by atoms with E-state index in [2.05, 4.69) is 28.2 Å². The van der Waals surface area contributed by atoms with Gasteiger partial charge in [-0.3, -0.25) is 4.79 Å². The molecule has 3 heteroatoms. The lowest BCUT2D eigenvalue weighted by Crippen LogP contribution is -1.97. The van der Waals surface area contributed by atoms with E-state index in [1.165, 1.54) is 0 Å². The number of aldehydes is 1. The van der Waals surface area contributed by atoms with Crippen LogP contribution in [0.5, 0.6) is 0 Å². The van der Waals surface area contributed by atoms with Gasteiger partial charge in [0.15, 0.2) is 0 Å². The SMILES string of the molecule is CC1CNc2cc(Br)cc(C=O)c21. The lowest BCUT2D eigenvalue weighted by atomic mass is 9.98. The largest absolute Gasteiger partial charge is 0.384 e. The predicted octanol–water partition coefficient (Wildman–Crippen LogP) is 2.79. The van der Waals surface area contributed by atoms with E-state index in [0.29, 0.717) is 5.92 Å². The maximum Gasteiger partial charge on any atom is 0.150 e. The van der Waals surface area contributed by atoms with Crippen molar-refractivity contribution in [3.8, 4) is 0 Å². The summed E-state index contributed by atoms with van der Waals surface area (Å²) in [7, 11) is 0. The quantitative estimate of drug-likeness (QED) is 0.764. The highest BCUT2D eigenvalue weighted by molar-refractivity contribution is 9.10. The molecule has 0 spiro atoms. The zero-order chi connectivity index (χ0) is 9.42. The Morgan fingerprint density at radius 3 is 3.08 bits per heavy atom. The molecular formula is C10H10BrNO. The summed E-state index contributed by atoms with van der Waals surface area (Å²) in [6, 6.07) is 3.89. The number of hydrogen-bond acceptors (Lipinski definition) is 2. The highest BCUT2D eigenvalue weighted by Crippen LogP contribution is 2.35. The van der Waals surface area contributed by atoms with Gasteiger partial charge in [-0.25, -0.2) is 0 Å². The van der Waals surface area contributed by atoms with E-state index >= 15 is 0 Å². The number of carbonyl (C=O) groups is 1. The molecule has 13 heavy (non-hydrogen) atoms. The van der Waals surface area contributed by atoms with Gasteiger partial charge in [-0.1, -0.05) is 22.9 Å². The standard InChI is InChI=1S/C10H10BrNO/c1-6-4-12-9-3-8(11)2-7(5-13)10(6)9/h2-3,5-6,12H,4H2,1H3. The molecule has 1 heterocycles. The fraction of sp³-hybridized carbons (Fsp3) is 0.300. The van der Waals surface area contributed by atoms with Crippen LogP contribution in [0.2, 0.25) is 0 Å². The van der Waals surface area contributed by atoms with Gasteiger partial charge in [-0.2, -0.15) is 0 Å². The second-order valence-corrected chi connectivity index (χ2v) is 4.27. The van der Waals surface area contributed by atoms with Gasteiger partial charge in [0.25, 0.3) is 0 Å². The molecule has 0 radical (unpaired) electrons. The molecule has 0 bridgehead atoms. The molecular weight excluding hydrogens is 230 g/mol. The summed E-state index contributed by atoms with van der Waals surface area (Å²) in [4.78, 5) is 10.8. The Balaban J connectivity index is 2.64. The van der Waals surface area contributed by atoms with Gasteiger partial charge in [-0.15, -0.1) is 0 Å². The molecule has 1 aliphatic heterocycles. The average Bonchev–Trinajstić information content (AvgIpc) is 2.46. The minimum atomic E-state index is 0.434. The number of benzene rings is 1. The van der Waals surface area contributed by atoms with Crippen molar-refractivity contribution in [1.82, 2.24) is 0 Å². The van der Waals surface area contributed by atoms with Crippen molar-refractivity contribution in [3.05, 3.63) is 27.7 Å². The number of hydrogen-bond donors (Lipinski definition) is 1. The van der Waals surface area contributed by atoms with Gasteiger partial charge in [0, 0.05) is 28.2 Å². The fourth-order valence-corrected chi connectivity index (χ4v) is 2.27. The lowest BCUT2D eigenvalue weighted by Gasteiger charge is -2.06. The number of halogens is 1. The topological polar surface area (TPSA) is 29.1 Å². The van der Waals surface area contributed by atoms with Crippen LogP contribution in [-0.4, -0.2) is 12.8 Å². The molecule has 0 saturated carbocycles. The second kappa shape index (κ2) is 3.14. The Bertz CT molecular complexity index is 362. The molecule has 0 aromatic heterocycles. The summed E-state index contributed by atoms with van der Waals surface area (Å²) in [5.74, 6) is 0.434. The summed E-state index contributed by atoms with van der Waals surface area (Å²) in [5, 5.41) is 3.28. The van der Waals surface area contributed by atoms with Crippen LogP contribution < -0.4 is 5.32 Å². The van der Waals surface area contributed by atoms with Crippen molar-refractivity contribution in [2.24, 2.45) is 0 Å². The highest BCUT2D eigenvalue weighted by Gasteiger charge is 2.21. The number of anilines is 1. The van der Waals surface area contributed by atoms with Crippen molar-refractivity contribution in [2.45, 2.75) is 12.8 Å². The Morgan fingerprint density at radius 2 is 2.38 bits per heavy atom. The summed E-state index contributed by atoms with van der Waals surface area (Å²) >= 11 is 3.38. The molecule has 0 fully saturated rings. The van der Waals surface area contributed by atoms with Crippen LogP contribution in [0.15, 0.2) is 16.6 Å². The molecule has 68 valence electrons. The zero-order valence-corrected chi connectivity index (χ0v) is 8.89. The first kappa shape index (κ1) is 8.75. The number of rotatable bonds is 1. The van der Waals surface area contributed by atoms with Crippen LogP contribution in [0.4, 0.5) is 5.69 Å². The van der Waals surface area contributed by atoms with Gasteiger partial charge in [-0.05, 0) is 17.7 Å². The highest BCUT2D eigenvalue weighted by atomic mass is 79.9. The molecule has 1 N–H and O–H groups in total. The molecule has 0 saturated heterocycles. The monoisotopic (exact) mass is 239 g/mol. The van der Waals surface area contributed by atoms with E-state index in [-0.39, 0.29) is 0 Å². The van der Waals surface area contributed by atoms with Crippen LogP contribution in [0.25, 0.3) is 0 Å². The molecule has 2 nitrogen and oxygen atoms in total. The van der Waals surface area contributed by atoms with E-state index in [9.17, 15) is 4.79 Å². The molecule has 0 amide bonds. The van der Waals surface area contributed by atoms with Gasteiger partial charge in [0.1, 0.15) is 6.29 Å². The van der Waals surface area contributed by atoms with Gasteiger partial charge in [0.05, 0.1) is 0 Å². The number of nitrogens with one attached hydrogen (secondary N) is 1. The van der Waals surface area contributed by atoms with Crippen molar-refractivity contribution in [2.75, 3.05) is 11.9 Å². The minimum Gasteiger partial charge on any atom is -0.384 e. The van der Waals surface area contributed by atoms with Crippen LogP contribution >= 0.6 is 15.9 Å². The molecule has 1 atom stereocenters. The van der Waals surface area contributed by atoms with Gasteiger partial charge in [0.2, 0.25) is 0 Å². The molecule has 1 aromatic rings. The first-order chi connectivity index (χ1) is 6.22. The Morgan fingerprint density at radius 1 is 1.62 bits per heavy atom. The van der Waals surface area contributed by atoms with E-state index in [4.69, 9.17) is 0 Å². The average molecular weight is 240 g/mol. The third-order valence-corrected chi connectivity index (χ3v) is 2.85. The summed E-state index contributed by atoms with van der Waals surface area (Å²) in [6.07, 6.45) is 0.924. The normalized spacial score (nSPS) is 19.4. The van der Waals surface area contributed by atoms with Gasteiger partial charge < -0.3 is 5.32 Å². The summed E-state index contributed by atoms with van der Waals surface area (Å²) < 4.78 is 0.954. The number of fused-ring (bicyclic) bond motifs is 1. The first-order valence-electron chi connectivity index (χ1n) is 4.25. The number of carbonyl (C=O) groups excluding carboxylic acids is 1. The van der Waals surface area contributed by atoms with Crippen molar-refractivity contribution >= 4 is 27.9 Å². The zero-order valence-electron chi connectivity index (χ0n) is 7.30. The molecule has 1 unspecified atom stereocenters. The molecule has 1 aliphatic rings. The van der Waals surface area contributed by atoms with Crippen LogP contribution in [0, 0.1) is 0 Å². The summed E-state index contributed by atoms with van der Waals surface area (Å²) in [6.45, 7) is 3.05. The van der Waals surface area contributed by atoms with E-state index in [1.807, 2.05) is 12.1 Å². The van der Waals surface area contributed by atoms with E-state index < -0.39 is 0 Å². The van der Waals surface area contributed by atoms with Gasteiger partial charge >= 0.3 is 0 Å². The third kappa shape index (κ3) is 1.37. The Kier molecular flexibility index (Phi) is 2.12. The minimum absolute atomic E-state index is 0.434. The second-order valence-electron chi connectivity index (χ2n) is 3.36. The maximum atomic E-state index is 10.8. The van der Waals surface area contributed by atoms with Crippen LogP contribution in [0.1, 0.15) is 28.8 Å². The van der Waals surface area contributed by atoms with Crippen LogP contribution in [-0.2, 0) is 0 Å². The molecule has 2 rings (SSSR count). The third-order valence-electron chi connectivity index (χ3n) is 2.40. The maximum absolute atomic E-state index is 10.8. The smallest absolute Gasteiger partial charge is 0.150 e. The predicted molar refractivity (Wildman–Crippen MR) is 56.4 cm³/mol. The first-order valence-corrected chi connectivity index (χ1v) is 5.04. The fourth-order valence-electron chi connectivity index (χ4n) is 1.80. The summed E-state index contributed by atoms with van der Waals surface area (Å²) in [5.41, 5.74) is 3.03. The van der Waals surface area contributed by atoms with Crippen molar-refractivity contribution in [1.29, 1.82) is 0 Å². The Labute approximate surface area is 85.5 Å².